The average molecular weight is 402 g/mol. The van der Waals surface area contributed by atoms with Crippen molar-refractivity contribution >= 4 is 17.8 Å². The van der Waals surface area contributed by atoms with Gasteiger partial charge in [-0.25, -0.2) is 9.78 Å². The van der Waals surface area contributed by atoms with Crippen LogP contribution in [-0.4, -0.2) is 57.1 Å². The zero-order valence-electron chi connectivity index (χ0n) is 16.7. The van der Waals surface area contributed by atoms with E-state index in [0.29, 0.717) is 43.8 Å². The summed E-state index contributed by atoms with van der Waals surface area (Å²) in [7, 11) is 1.83. The number of primary amides is 1. The van der Waals surface area contributed by atoms with Gasteiger partial charge in [0.25, 0.3) is 5.91 Å². The number of aromatic nitrogens is 4. The maximum atomic E-state index is 12.8. The number of aryl methyl sites for hydroxylation is 1. The van der Waals surface area contributed by atoms with E-state index in [1.165, 1.54) is 0 Å². The predicted molar refractivity (Wildman–Crippen MR) is 105 cm³/mol. The van der Waals surface area contributed by atoms with Crippen LogP contribution in [0.1, 0.15) is 32.6 Å². The molecule has 0 saturated heterocycles. The van der Waals surface area contributed by atoms with Crippen LogP contribution in [0, 0.1) is 0 Å². The van der Waals surface area contributed by atoms with Crippen LogP contribution in [0.25, 0.3) is 11.3 Å². The van der Waals surface area contributed by atoms with E-state index < -0.39 is 6.09 Å². The van der Waals surface area contributed by atoms with Crippen LogP contribution in [0.4, 0.5) is 10.6 Å². The van der Waals surface area contributed by atoms with Crippen LogP contribution >= 0.6 is 0 Å². The molecule has 2 aromatic rings. The zero-order valence-corrected chi connectivity index (χ0v) is 16.7. The highest BCUT2D eigenvalue weighted by molar-refractivity contribution is 5.94. The first kappa shape index (κ1) is 20.7. The number of hydrogen-bond acceptors (Lipinski definition) is 7. The Kier molecular flexibility index (Phi) is 6.76. The SMILES string of the molecule is CCOCC(=O)N(c1cnc(-c2cnn(C)c2)cn1)[C@H]1CC[C@H](OC(N)=O)CC1. The Labute approximate surface area is 169 Å². The number of nitrogens with zero attached hydrogens (tertiary/aromatic N) is 5. The molecule has 1 aliphatic carbocycles. The Bertz CT molecular complexity index is 829. The van der Waals surface area contributed by atoms with Crippen molar-refractivity contribution < 1.29 is 19.1 Å². The highest BCUT2D eigenvalue weighted by Gasteiger charge is 2.32. The molecule has 0 spiro atoms. The lowest BCUT2D eigenvalue weighted by molar-refractivity contribution is -0.123. The van der Waals surface area contributed by atoms with Crippen LogP contribution in [0.15, 0.2) is 24.8 Å². The van der Waals surface area contributed by atoms with Crippen molar-refractivity contribution in [1.29, 1.82) is 0 Å². The molecule has 0 unspecified atom stereocenters. The second-order valence-electron chi connectivity index (χ2n) is 6.93. The zero-order chi connectivity index (χ0) is 20.8. The number of ether oxygens (including phenoxy) is 2. The lowest BCUT2D eigenvalue weighted by atomic mass is 9.91. The fourth-order valence-electron chi connectivity index (χ4n) is 3.51. The standard InChI is InChI=1S/C19H26N6O4/c1-3-28-12-18(26)25(14-4-6-15(7-5-14)29-19(20)27)17-10-21-16(9-22-17)13-8-23-24(2)11-13/h8-11,14-15H,3-7,12H2,1-2H3,(H2,20,27)/t14-,15-. The molecular weight excluding hydrogens is 376 g/mol. The summed E-state index contributed by atoms with van der Waals surface area (Å²) in [6.07, 6.45) is 8.40. The minimum atomic E-state index is -0.769. The molecule has 0 aromatic carbocycles. The molecule has 0 bridgehead atoms. The molecule has 2 heterocycles. The molecule has 1 aliphatic rings. The molecule has 2 amide bonds. The van der Waals surface area contributed by atoms with Crippen molar-refractivity contribution in [3.63, 3.8) is 0 Å². The fourth-order valence-corrected chi connectivity index (χ4v) is 3.51. The smallest absolute Gasteiger partial charge is 0.404 e. The molecule has 10 heteroatoms. The van der Waals surface area contributed by atoms with E-state index in [2.05, 4.69) is 15.1 Å². The molecule has 3 rings (SSSR count). The second-order valence-corrected chi connectivity index (χ2v) is 6.93. The van der Waals surface area contributed by atoms with Gasteiger partial charge in [0.1, 0.15) is 12.7 Å². The fraction of sp³-hybridized carbons (Fsp3) is 0.526. The molecule has 2 N–H and O–H groups in total. The number of hydrogen-bond donors (Lipinski definition) is 1. The summed E-state index contributed by atoms with van der Waals surface area (Å²) in [6, 6.07) is -0.0748. The van der Waals surface area contributed by atoms with Gasteiger partial charge in [0.15, 0.2) is 5.82 Å². The number of rotatable bonds is 7. The molecule has 29 heavy (non-hydrogen) atoms. The van der Waals surface area contributed by atoms with Gasteiger partial charge in [-0.15, -0.1) is 0 Å². The highest BCUT2D eigenvalue weighted by atomic mass is 16.6. The Hall–Kier alpha value is -3.01. The van der Waals surface area contributed by atoms with Crippen LogP contribution in [-0.2, 0) is 21.3 Å². The molecule has 1 saturated carbocycles. The van der Waals surface area contributed by atoms with Crippen molar-refractivity contribution in [3.05, 3.63) is 24.8 Å². The Morgan fingerprint density at radius 1 is 1.21 bits per heavy atom. The molecule has 10 nitrogen and oxygen atoms in total. The van der Waals surface area contributed by atoms with Crippen LogP contribution in [0.3, 0.4) is 0 Å². The predicted octanol–water partition coefficient (Wildman–Crippen LogP) is 1.65. The first-order valence-corrected chi connectivity index (χ1v) is 9.65. The molecule has 2 aromatic heterocycles. The second kappa shape index (κ2) is 9.46. The third-order valence-corrected chi connectivity index (χ3v) is 4.88. The van der Waals surface area contributed by atoms with Crippen molar-refractivity contribution in [2.75, 3.05) is 18.1 Å². The first-order valence-electron chi connectivity index (χ1n) is 9.65. The summed E-state index contributed by atoms with van der Waals surface area (Å²) in [6.45, 7) is 2.26. The number of anilines is 1. The number of carbonyl (C=O) groups is 2. The van der Waals surface area contributed by atoms with E-state index in [1.807, 2.05) is 20.2 Å². The maximum Gasteiger partial charge on any atom is 0.404 e. The molecule has 0 radical (unpaired) electrons. The third-order valence-electron chi connectivity index (χ3n) is 4.88. The Morgan fingerprint density at radius 3 is 2.52 bits per heavy atom. The quantitative estimate of drug-likeness (QED) is 0.746. The monoisotopic (exact) mass is 402 g/mol. The van der Waals surface area contributed by atoms with Gasteiger partial charge >= 0.3 is 6.09 Å². The number of amides is 2. The molecule has 1 fully saturated rings. The Balaban J connectivity index is 1.77. The van der Waals surface area contributed by atoms with Gasteiger partial charge in [-0.2, -0.15) is 5.10 Å². The number of carbonyl (C=O) groups excluding carboxylic acids is 2. The highest BCUT2D eigenvalue weighted by Crippen LogP contribution is 2.28. The number of nitrogens with two attached hydrogens (primary N) is 1. The van der Waals surface area contributed by atoms with E-state index in [9.17, 15) is 9.59 Å². The van der Waals surface area contributed by atoms with Gasteiger partial charge in [-0.3, -0.25) is 19.4 Å². The summed E-state index contributed by atoms with van der Waals surface area (Å²) in [5.74, 6) is 0.302. The molecule has 156 valence electrons. The minimum absolute atomic E-state index is 0.0275. The lowest BCUT2D eigenvalue weighted by Crippen LogP contribution is -2.46. The lowest BCUT2D eigenvalue weighted by Gasteiger charge is -2.35. The third kappa shape index (κ3) is 5.29. The van der Waals surface area contributed by atoms with E-state index in [0.717, 1.165) is 5.56 Å². The Morgan fingerprint density at radius 2 is 1.97 bits per heavy atom. The molecule has 0 aliphatic heterocycles. The van der Waals surface area contributed by atoms with E-state index in [-0.39, 0.29) is 24.7 Å². The van der Waals surface area contributed by atoms with Gasteiger partial charge in [-0.1, -0.05) is 0 Å². The molecular formula is C19H26N6O4. The first-order chi connectivity index (χ1) is 14.0. The van der Waals surface area contributed by atoms with Crippen LogP contribution < -0.4 is 10.6 Å². The van der Waals surface area contributed by atoms with Crippen LogP contribution in [0.2, 0.25) is 0 Å². The summed E-state index contributed by atoms with van der Waals surface area (Å²) in [4.78, 5) is 34.4. The normalized spacial score (nSPS) is 19.0. The summed E-state index contributed by atoms with van der Waals surface area (Å²) >= 11 is 0. The van der Waals surface area contributed by atoms with E-state index >= 15 is 0 Å². The summed E-state index contributed by atoms with van der Waals surface area (Å²) in [5.41, 5.74) is 6.64. The van der Waals surface area contributed by atoms with Gasteiger partial charge in [-0.05, 0) is 32.6 Å². The van der Waals surface area contributed by atoms with E-state index in [1.54, 1.807) is 28.2 Å². The van der Waals surface area contributed by atoms with Crippen molar-refractivity contribution in [3.8, 4) is 11.3 Å². The van der Waals surface area contributed by atoms with Crippen molar-refractivity contribution in [1.82, 2.24) is 19.7 Å². The van der Waals surface area contributed by atoms with Gasteiger partial charge in [0.2, 0.25) is 0 Å². The largest absolute Gasteiger partial charge is 0.446 e. The van der Waals surface area contributed by atoms with Gasteiger partial charge < -0.3 is 15.2 Å². The van der Waals surface area contributed by atoms with Crippen molar-refractivity contribution in [2.24, 2.45) is 12.8 Å². The van der Waals surface area contributed by atoms with E-state index in [4.69, 9.17) is 15.2 Å². The summed E-state index contributed by atoms with van der Waals surface area (Å²) in [5, 5.41) is 4.14. The topological polar surface area (TPSA) is 125 Å². The summed E-state index contributed by atoms with van der Waals surface area (Å²) < 4.78 is 12.1. The van der Waals surface area contributed by atoms with Crippen molar-refractivity contribution in [2.45, 2.75) is 44.8 Å². The van der Waals surface area contributed by atoms with Crippen LogP contribution in [0.5, 0.6) is 0 Å². The van der Waals surface area contributed by atoms with Gasteiger partial charge in [0, 0.05) is 31.5 Å². The van der Waals surface area contributed by atoms with Gasteiger partial charge in [0.05, 0.1) is 24.3 Å². The minimum Gasteiger partial charge on any atom is -0.446 e. The molecule has 0 atom stereocenters. The maximum absolute atomic E-state index is 12.8. The average Bonchev–Trinajstić information content (AvgIpc) is 3.14.